The number of ether oxygens (including phenoxy) is 1. The molecule has 150 valence electrons. The molecule has 6 nitrogen and oxygen atoms in total. The number of halogens is 1. The molecule has 29 heavy (non-hydrogen) atoms. The normalized spacial score (nSPS) is 14.1. The number of nitrogens with zero attached hydrogens (tertiary/aromatic N) is 2. The van der Waals surface area contributed by atoms with Gasteiger partial charge in [-0.2, -0.15) is 5.01 Å². The van der Waals surface area contributed by atoms with E-state index in [9.17, 15) is 18.8 Å². The lowest BCUT2D eigenvalue weighted by atomic mass is 10.1. The van der Waals surface area contributed by atoms with Crippen molar-refractivity contribution in [3.8, 4) is 0 Å². The zero-order chi connectivity index (χ0) is 21.2. The van der Waals surface area contributed by atoms with Crippen molar-refractivity contribution >= 4 is 23.5 Å². The summed E-state index contributed by atoms with van der Waals surface area (Å²) in [5.74, 6) is -1.33. The molecule has 1 aliphatic rings. The summed E-state index contributed by atoms with van der Waals surface area (Å²) in [4.78, 5) is 38.6. The highest BCUT2D eigenvalue weighted by atomic mass is 19.1. The maximum absolute atomic E-state index is 13.7. The average Bonchev–Trinajstić information content (AvgIpc) is 2.93. The molecule has 0 unspecified atom stereocenters. The third-order valence-electron chi connectivity index (χ3n) is 4.21. The Kier molecular flexibility index (Phi) is 5.50. The Morgan fingerprint density at radius 3 is 2.00 bits per heavy atom. The van der Waals surface area contributed by atoms with Crippen molar-refractivity contribution in [3.63, 3.8) is 0 Å². The molecule has 0 aromatic heterocycles. The van der Waals surface area contributed by atoms with Gasteiger partial charge in [-0.15, -0.1) is 0 Å². The summed E-state index contributed by atoms with van der Waals surface area (Å²) in [7, 11) is 0. The lowest BCUT2D eigenvalue weighted by Gasteiger charge is -2.32. The van der Waals surface area contributed by atoms with Crippen LogP contribution in [-0.4, -0.2) is 40.1 Å². The van der Waals surface area contributed by atoms with E-state index in [0.29, 0.717) is 16.9 Å². The summed E-state index contributed by atoms with van der Waals surface area (Å²) >= 11 is 0. The maximum Gasteiger partial charge on any atom is 0.430 e. The van der Waals surface area contributed by atoms with Gasteiger partial charge < -0.3 is 4.74 Å². The van der Waals surface area contributed by atoms with Gasteiger partial charge in [-0.1, -0.05) is 42.5 Å². The van der Waals surface area contributed by atoms with Gasteiger partial charge in [0.25, 0.3) is 11.8 Å². The van der Waals surface area contributed by atoms with E-state index in [0.717, 1.165) is 5.01 Å². The number of rotatable bonds is 4. The molecule has 0 atom stereocenters. The number of hydrazine groups is 1. The van der Waals surface area contributed by atoms with Crippen molar-refractivity contribution < 1.29 is 23.5 Å². The molecule has 3 amide bonds. The highest BCUT2D eigenvalue weighted by Crippen LogP contribution is 2.27. The van der Waals surface area contributed by atoms with E-state index in [1.165, 1.54) is 12.1 Å². The van der Waals surface area contributed by atoms with Gasteiger partial charge in [0.1, 0.15) is 5.60 Å². The van der Waals surface area contributed by atoms with Crippen LogP contribution in [0, 0.1) is 0 Å². The molecule has 2 aromatic carbocycles. The van der Waals surface area contributed by atoms with E-state index in [-0.39, 0.29) is 23.2 Å². The molecule has 1 aliphatic heterocycles. The number of amides is 3. The summed E-state index contributed by atoms with van der Waals surface area (Å²) < 4.78 is 19.1. The molecule has 0 N–H and O–H groups in total. The fourth-order valence-electron chi connectivity index (χ4n) is 2.93. The van der Waals surface area contributed by atoms with Gasteiger partial charge in [-0.05, 0) is 38.5 Å². The third kappa shape index (κ3) is 4.18. The largest absolute Gasteiger partial charge is 0.442 e. The summed E-state index contributed by atoms with van der Waals surface area (Å²) in [5.41, 5.74) is 0.113. The van der Waals surface area contributed by atoms with Crippen LogP contribution in [0.25, 0.3) is 5.57 Å². The summed E-state index contributed by atoms with van der Waals surface area (Å²) in [6, 6.07) is 14.8. The minimum Gasteiger partial charge on any atom is -0.442 e. The molecule has 0 aliphatic carbocycles. The molecule has 0 radical (unpaired) electrons. The number of hydrogen-bond donors (Lipinski definition) is 0. The van der Waals surface area contributed by atoms with E-state index in [4.69, 9.17) is 4.74 Å². The SMILES string of the molecule is CC(C)(C)OC(=O)N(CC(=CF)c1ccccc1)N1C(=O)c2ccccc2C1=O. The van der Waals surface area contributed by atoms with Crippen LogP contribution in [0.2, 0.25) is 0 Å². The lowest BCUT2D eigenvalue weighted by molar-refractivity contribution is -0.0238. The molecular weight excluding hydrogens is 375 g/mol. The van der Waals surface area contributed by atoms with E-state index in [1.807, 2.05) is 0 Å². The molecule has 2 aromatic rings. The first kappa shape index (κ1) is 20.3. The minimum atomic E-state index is -0.928. The third-order valence-corrected chi connectivity index (χ3v) is 4.21. The molecular formula is C22H21FN2O4. The van der Waals surface area contributed by atoms with Crippen LogP contribution in [0.5, 0.6) is 0 Å². The number of benzene rings is 2. The number of hydrogen-bond acceptors (Lipinski definition) is 4. The van der Waals surface area contributed by atoms with Gasteiger partial charge in [0, 0.05) is 5.57 Å². The van der Waals surface area contributed by atoms with Crippen molar-refractivity contribution in [2.45, 2.75) is 26.4 Å². The number of carbonyl (C=O) groups excluding carboxylic acids is 3. The molecule has 3 rings (SSSR count). The van der Waals surface area contributed by atoms with Crippen molar-refractivity contribution in [2.75, 3.05) is 6.54 Å². The summed E-state index contributed by atoms with van der Waals surface area (Å²) in [6.45, 7) is 4.62. The zero-order valence-electron chi connectivity index (χ0n) is 16.4. The zero-order valence-corrected chi connectivity index (χ0v) is 16.4. The van der Waals surface area contributed by atoms with E-state index in [1.54, 1.807) is 63.2 Å². The van der Waals surface area contributed by atoms with Gasteiger partial charge in [0.2, 0.25) is 0 Å². The Labute approximate surface area is 168 Å². The second-order valence-corrected chi connectivity index (χ2v) is 7.51. The standard InChI is InChI=1S/C22H21FN2O4/c1-22(2,3)29-21(28)24(14-16(13-23)15-9-5-4-6-10-15)25-19(26)17-11-7-8-12-18(17)20(25)27/h4-13H,14H2,1-3H3. The Morgan fingerprint density at radius 1 is 1.00 bits per heavy atom. The first-order valence-corrected chi connectivity index (χ1v) is 9.06. The molecule has 0 saturated carbocycles. The van der Waals surface area contributed by atoms with Crippen molar-refractivity contribution in [2.24, 2.45) is 0 Å². The predicted octanol–water partition coefficient (Wildman–Crippen LogP) is 4.45. The Balaban J connectivity index is 1.99. The monoisotopic (exact) mass is 396 g/mol. The lowest BCUT2D eigenvalue weighted by Crippen LogP contribution is -2.51. The van der Waals surface area contributed by atoms with Gasteiger partial charge in [-0.25, -0.2) is 14.2 Å². The summed E-state index contributed by atoms with van der Waals surface area (Å²) in [5, 5.41) is 1.56. The van der Waals surface area contributed by atoms with Gasteiger partial charge in [0.05, 0.1) is 24.0 Å². The average molecular weight is 396 g/mol. The van der Waals surface area contributed by atoms with Gasteiger partial charge >= 0.3 is 6.09 Å². The van der Waals surface area contributed by atoms with E-state index >= 15 is 0 Å². The summed E-state index contributed by atoms with van der Waals surface area (Å²) in [6.07, 6.45) is -0.576. The fraction of sp³-hybridized carbons (Fsp3) is 0.227. The molecule has 0 spiro atoms. The quantitative estimate of drug-likeness (QED) is 0.717. The first-order chi connectivity index (χ1) is 13.7. The number of fused-ring (bicyclic) bond motifs is 1. The molecule has 0 fully saturated rings. The molecule has 0 saturated heterocycles. The van der Waals surface area contributed by atoms with Gasteiger partial charge in [0.15, 0.2) is 0 Å². The van der Waals surface area contributed by atoms with Crippen LogP contribution >= 0.6 is 0 Å². The van der Waals surface area contributed by atoms with Crippen LogP contribution in [-0.2, 0) is 4.74 Å². The van der Waals surface area contributed by atoms with E-state index < -0.39 is 23.5 Å². The topological polar surface area (TPSA) is 66.9 Å². The number of imide groups is 1. The molecule has 1 heterocycles. The second kappa shape index (κ2) is 7.87. The highest BCUT2D eigenvalue weighted by molar-refractivity contribution is 6.21. The van der Waals surface area contributed by atoms with Gasteiger partial charge in [-0.3, -0.25) is 9.59 Å². The van der Waals surface area contributed by atoms with Crippen molar-refractivity contribution in [1.29, 1.82) is 0 Å². The van der Waals surface area contributed by atoms with Crippen LogP contribution in [0.3, 0.4) is 0 Å². The van der Waals surface area contributed by atoms with Crippen molar-refractivity contribution in [1.82, 2.24) is 10.0 Å². The number of carbonyl (C=O) groups is 3. The smallest absolute Gasteiger partial charge is 0.430 e. The minimum absolute atomic E-state index is 0.119. The highest BCUT2D eigenvalue weighted by Gasteiger charge is 2.42. The Bertz CT molecular complexity index is 945. The molecule has 0 bridgehead atoms. The fourth-order valence-corrected chi connectivity index (χ4v) is 2.93. The van der Waals surface area contributed by atoms with Crippen LogP contribution in [0.4, 0.5) is 9.18 Å². The molecule has 7 heteroatoms. The predicted molar refractivity (Wildman–Crippen MR) is 105 cm³/mol. The first-order valence-electron chi connectivity index (χ1n) is 9.06. The van der Waals surface area contributed by atoms with E-state index in [2.05, 4.69) is 0 Å². The van der Waals surface area contributed by atoms with Crippen LogP contribution in [0.15, 0.2) is 60.9 Å². The maximum atomic E-state index is 13.7. The Morgan fingerprint density at radius 2 is 1.52 bits per heavy atom. The van der Waals surface area contributed by atoms with Crippen LogP contribution < -0.4 is 0 Å². The van der Waals surface area contributed by atoms with Crippen molar-refractivity contribution in [3.05, 3.63) is 77.6 Å². The second-order valence-electron chi connectivity index (χ2n) is 7.51. The Hall–Kier alpha value is -3.48. The van der Waals surface area contributed by atoms with Crippen LogP contribution in [0.1, 0.15) is 47.1 Å².